The van der Waals surface area contributed by atoms with Gasteiger partial charge in [0, 0.05) is 12.6 Å². The molecule has 0 spiro atoms. The average Bonchev–Trinajstić information content (AvgIpc) is 2.54. The average molecular weight is 345 g/mol. The van der Waals surface area contributed by atoms with Crippen molar-refractivity contribution < 1.29 is 19.1 Å². The maximum Gasteiger partial charge on any atom is 0.410 e. The fourth-order valence-corrected chi connectivity index (χ4v) is 2.87. The van der Waals surface area contributed by atoms with Crippen LogP contribution in [0.25, 0.3) is 0 Å². The molecule has 0 aromatic heterocycles. The molecule has 1 heterocycles. The van der Waals surface area contributed by atoms with Crippen LogP contribution >= 0.6 is 0 Å². The molecular formula is C20H27NO4. The number of likely N-dealkylation sites (tertiary alicyclic amines) is 1. The largest absolute Gasteiger partial charge is 0.463 e. The van der Waals surface area contributed by atoms with Gasteiger partial charge in [0.25, 0.3) is 0 Å². The van der Waals surface area contributed by atoms with E-state index in [4.69, 9.17) is 9.47 Å². The van der Waals surface area contributed by atoms with Gasteiger partial charge in [-0.2, -0.15) is 0 Å². The molecule has 0 saturated carbocycles. The van der Waals surface area contributed by atoms with Crippen molar-refractivity contribution >= 4 is 12.1 Å². The maximum absolute atomic E-state index is 12.6. The van der Waals surface area contributed by atoms with Gasteiger partial charge >= 0.3 is 12.1 Å². The molecule has 1 atom stereocenters. The number of rotatable bonds is 3. The molecule has 2 rings (SSSR count). The molecule has 1 aliphatic heterocycles. The van der Waals surface area contributed by atoms with Gasteiger partial charge in [0.05, 0.1) is 12.6 Å². The highest BCUT2D eigenvalue weighted by atomic mass is 16.6. The van der Waals surface area contributed by atoms with Crippen LogP contribution in [0, 0.1) is 0 Å². The Balaban J connectivity index is 2.23. The lowest BCUT2D eigenvalue weighted by Gasteiger charge is -2.38. The quantitative estimate of drug-likeness (QED) is 0.607. The highest BCUT2D eigenvalue weighted by Crippen LogP contribution is 2.34. The molecule has 1 aromatic carbocycles. The number of piperidine rings is 1. The van der Waals surface area contributed by atoms with Crippen LogP contribution in [0.1, 0.15) is 52.1 Å². The molecule has 0 aliphatic carbocycles. The predicted octanol–water partition coefficient (Wildman–Crippen LogP) is 4.25. The lowest BCUT2D eigenvalue weighted by Crippen LogP contribution is -2.42. The van der Waals surface area contributed by atoms with Gasteiger partial charge in [-0.05, 0) is 46.1 Å². The fourth-order valence-electron chi connectivity index (χ4n) is 2.87. The Bertz CT molecular complexity index is 631. The Morgan fingerprint density at radius 3 is 2.52 bits per heavy atom. The molecule has 1 amide bonds. The van der Waals surface area contributed by atoms with Crippen LogP contribution in [0.5, 0.6) is 0 Å². The van der Waals surface area contributed by atoms with Crippen molar-refractivity contribution in [2.45, 2.75) is 52.2 Å². The molecule has 136 valence electrons. The van der Waals surface area contributed by atoms with Gasteiger partial charge in [0.15, 0.2) is 0 Å². The van der Waals surface area contributed by atoms with Crippen LogP contribution in [-0.2, 0) is 14.3 Å². The SMILES string of the molecule is CCOC(=O)/C=C1/CCN(C(=O)OC(C)(C)C)C(c2ccccc2)C1. The van der Waals surface area contributed by atoms with Gasteiger partial charge in [-0.1, -0.05) is 35.9 Å². The van der Waals surface area contributed by atoms with Gasteiger partial charge in [-0.25, -0.2) is 9.59 Å². The molecule has 5 heteroatoms. The number of carbonyl (C=O) groups excluding carboxylic acids is 2. The summed E-state index contributed by atoms with van der Waals surface area (Å²) in [4.78, 5) is 26.1. The normalized spacial score (nSPS) is 19.6. The first-order valence-electron chi connectivity index (χ1n) is 8.71. The van der Waals surface area contributed by atoms with Crippen LogP contribution in [0.2, 0.25) is 0 Å². The van der Waals surface area contributed by atoms with Crippen molar-refractivity contribution in [2.75, 3.05) is 13.2 Å². The van der Waals surface area contributed by atoms with Crippen LogP contribution in [0.4, 0.5) is 4.79 Å². The van der Waals surface area contributed by atoms with E-state index in [9.17, 15) is 9.59 Å². The standard InChI is InChI=1S/C20H27NO4/c1-5-24-18(22)14-15-11-12-21(19(23)25-20(2,3)4)17(13-15)16-9-7-6-8-10-16/h6-10,14,17H,5,11-13H2,1-4H3/b15-14-. The van der Waals surface area contributed by atoms with Crippen molar-refractivity contribution in [1.29, 1.82) is 0 Å². The van der Waals surface area contributed by atoms with Crippen LogP contribution in [0.3, 0.4) is 0 Å². The van der Waals surface area contributed by atoms with Crippen molar-refractivity contribution in [3.63, 3.8) is 0 Å². The minimum Gasteiger partial charge on any atom is -0.463 e. The monoisotopic (exact) mass is 345 g/mol. The van der Waals surface area contributed by atoms with E-state index in [0.717, 1.165) is 11.1 Å². The zero-order chi connectivity index (χ0) is 18.4. The van der Waals surface area contributed by atoms with E-state index in [1.807, 2.05) is 51.1 Å². The summed E-state index contributed by atoms with van der Waals surface area (Å²) in [6, 6.07) is 9.69. The minimum absolute atomic E-state index is 0.148. The first-order chi connectivity index (χ1) is 11.8. The summed E-state index contributed by atoms with van der Waals surface area (Å²) < 4.78 is 10.6. The molecule has 1 fully saturated rings. The van der Waals surface area contributed by atoms with Gasteiger partial charge in [0.1, 0.15) is 5.60 Å². The second-order valence-electron chi connectivity index (χ2n) is 7.11. The van der Waals surface area contributed by atoms with Gasteiger partial charge in [-0.15, -0.1) is 0 Å². The second-order valence-corrected chi connectivity index (χ2v) is 7.11. The molecule has 1 aliphatic rings. The molecule has 0 bridgehead atoms. The van der Waals surface area contributed by atoms with Crippen molar-refractivity contribution in [3.8, 4) is 0 Å². The minimum atomic E-state index is -0.542. The topological polar surface area (TPSA) is 55.8 Å². The Labute approximate surface area is 149 Å². The third-order valence-electron chi connectivity index (χ3n) is 3.93. The van der Waals surface area contributed by atoms with Crippen LogP contribution < -0.4 is 0 Å². The lowest BCUT2D eigenvalue weighted by atomic mass is 9.91. The zero-order valence-corrected chi connectivity index (χ0v) is 15.5. The predicted molar refractivity (Wildman–Crippen MR) is 96.1 cm³/mol. The fraction of sp³-hybridized carbons (Fsp3) is 0.500. The highest BCUT2D eigenvalue weighted by Gasteiger charge is 2.33. The van der Waals surface area contributed by atoms with E-state index in [2.05, 4.69) is 0 Å². The number of benzene rings is 1. The van der Waals surface area contributed by atoms with E-state index in [0.29, 0.717) is 26.0 Å². The third-order valence-corrected chi connectivity index (χ3v) is 3.93. The number of carbonyl (C=O) groups is 2. The number of nitrogens with zero attached hydrogens (tertiary/aromatic N) is 1. The molecule has 0 N–H and O–H groups in total. The number of ether oxygens (including phenoxy) is 2. The Morgan fingerprint density at radius 1 is 1.24 bits per heavy atom. The third kappa shape index (κ3) is 5.62. The summed E-state index contributed by atoms with van der Waals surface area (Å²) in [7, 11) is 0. The Hall–Kier alpha value is -2.30. The summed E-state index contributed by atoms with van der Waals surface area (Å²) >= 11 is 0. The number of hydrogen-bond donors (Lipinski definition) is 0. The summed E-state index contributed by atoms with van der Waals surface area (Å²) in [5.41, 5.74) is 1.48. The van der Waals surface area contributed by atoms with Crippen molar-refractivity contribution in [2.24, 2.45) is 0 Å². The Kier molecular flexibility index (Phi) is 6.23. The molecule has 5 nitrogen and oxygen atoms in total. The van der Waals surface area contributed by atoms with Crippen LogP contribution in [-0.4, -0.2) is 35.7 Å². The molecule has 0 radical (unpaired) electrons. The molecule has 1 unspecified atom stereocenters. The number of esters is 1. The second kappa shape index (κ2) is 8.19. The zero-order valence-electron chi connectivity index (χ0n) is 15.5. The molecule has 25 heavy (non-hydrogen) atoms. The van der Waals surface area contributed by atoms with Crippen LogP contribution in [0.15, 0.2) is 42.0 Å². The smallest absolute Gasteiger partial charge is 0.410 e. The Morgan fingerprint density at radius 2 is 1.92 bits per heavy atom. The van der Waals surface area contributed by atoms with E-state index >= 15 is 0 Å². The molecule has 1 saturated heterocycles. The first kappa shape index (κ1) is 19.0. The maximum atomic E-state index is 12.6. The van der Waals surface area contributed by atoms with Gasteiger partial charge < -0.3 is 14.4 Å². The number of amides is 1. The van der Waals surface area contributed by atoms with E-state index in [-0.39, 0.29) is 18.1 Å². The highest BCUT2D eigenvalue weighted by molar-refractivity contribution is 5.83. The summed E-state index contributed by atoms with van der Waals surface area (Å²) in [6.45, 7) is 8.23. The van der Waals surface area contributed by atoms with E-state index in [1.165, 1.54) is 0 Å². The van der Waals surface area contributed by atoms with E-state index < -0.39 is 5.60 Å². The summed E-state index contributed by atoms with van der Waals surface area (Å²) in [5.74, 6) is -0.324. The van der Waals surface area contributed by atoms with E-state index in [1.54, 1.807) is 17.9 Å². The number of hydrogen-bond acceptors (Lipinski definition) is 4. The molecular weight excluding hydrogens is 318 g/mol. The van der Waals surface area contributed by atoms with Crippen molar-refractivity contribution in [3.05, 3.63) is 47.5 Å². The summed E-state index contributed by atoms with van der Waals surface area (Å²) in [5, 5.41) is 0. The first-order valence-corrected chi connectivity index (χ1v) is 8.71. The van der Waals surface area contributed by atoms with Gasteiger partial charge in [-0.3, -0.25) is 0 Å². The summed E-state index contributed by atoms with van der Waals surface area (Å²) in [6.07, 6.45) is 2.48. The molecule has 1 aromatic rings. The van der Waals surface area contributed by atoms with Crippen molar-refractivity contribution in [1.82, 2.24) is 4.90 Å². The lowest BCUT2D eigenvalue weighted by molar-refractivity contribution is -0.137. The van der Waals surface area contributed by atoms with Gasteiger partial charge in [0.2, 0.25) is 0 Å².